The number of hydrogen-bond donors (Lipinski definition) is 3. The molecular weight excluding hydrogens is 474 g/mol. The van der Waals surface area contributed by atoms with Gasteiger partial charge in [0.25, 0.3) is 0 Å². The average Bonchev–Trinajstić information content (AvgIpc) is 3.15. The number of thioether (sulfide) groups is 1. The van der Waals surface area contributed by atoms with Crippen molar-refractivity contribution < 1.29 is 23.4 Å². The molecule has 1 unspecified atom stereocenters. The first-order valence-corrected chi connectivity index (χ1v) is 13.6. The van der Waals surface area contributed by atoms with Gasteiger partial charge in [0, 0.05) is 18.5 Å². The molecule has 182 valence electrons. The molecule has 0 fully saturated rings. The van der Waals surface area contributed by atoms with Gasteiger partial charge in [-0.1, -0.05) is 55.8 Å². The van der Waals surface area contributed by atoms with Crippen molar-refractivity contribution in [2.45, 2.75) is 55.2 Å². The molecule has 0 amide bonds. The van der Waals surface area contributed by atoms with Gasteiger partial charge >= 0.3 is 5.97 Å². The predicted octanol–water partition coefficient (Wildman–Crippen LogP) is 3.60. The van der Waals surface area contributed by atoms with E-state index in [0.717, 1.165) is 18.4 Å². The van der Waals surface area contributed by atoms with E-state index in [4.69, 9.17) is 5.14 Å². The minimum Gasteiger partial charge on any atom is -0.479 e. The molecule has 1 atom stereocenters. The summed E-state index contributed by atoms with van der Waals surface area (Å²) in [6.07, 6.45) is 4.28. The molecule has 2 aromatic carbocycles. The number of rotatable bonds is 10. The molecule has 34 heavy (non-hydrogen) atoms. The van der Waals surface area contributed by atoms with Crippen LogP contribution in [0.1, 0.15) is 43.8 Å². The topological polar surface area (TPSA) is 136 Å². The molecule has 1 heterocycles. The lowest BCUT2D eigenvalue weighted by Crippen LogP contribution is -2.35. The van der Waals surface area contributed by atoms with Crippen molar-refractivity contribution in [1.82, 2.24) is 9.55 Å². The van der Waals surface area contributed by atoms with Crippen LogP contribution in [0.25, 0.3) is 11.1 Å². The van der Waals surface area contributed by atoms with Gasteiger partial charge in [0.2, 0.25) is 15.6 Å². The van der Waals surface area contributed by atoms with Crippen LogP contribution in [-0.2, 0) is 33.4 Å². The Kier molecular flexibility index (Phi) is 7.87. The summed E-state index contributed by atoms with van der Waals surface area (Å²) in [7, 11) is -3.88. The fraction of sp³-hybridized carbons (Fsp3) is 0.333. The first-order valence-electron chi connectivity index (χ1n) is 10.8. The number of primary sulfonamides is 1. The Hall–Kier alpha value is -2.66. The van der Waals surface area contributed by atoms with Crippen LogP contribution in [0.5, 0.6) is 0 Å². The molecule has 8 nitrogen and oxygen atoms in total. The lowest BCUT2D eigenvalue weighted by molar-refractivity contribution is -0.158. The first kappa shape index (κ1) is 26.0. The molecule has 1 aromatic heterocycles. The largest absolute Gasteiger partial charge is 0.479 e. The van der Waals surface area contributed by atoms with E-state index in [2.05, 4.69) is 11.9 Å². The number of carboxylic acid groups (broad SMARTS) is 1. The normalized spacial score (nSPS) is 13.6. The number of benzene rings is 2. The van der Waals surface area contributed by atoms with E-state index in [1.807, 2.05) is 12.1 Å². The number of unbranched alkanes of at least 4 members (excludes halogenated alkanes) is 1. The monoisotopic (exact) mass is 503 g/mol. The molecular formula is C24H29N3O5S2. The second kappa shape index (κ2) is 10.3. The maximum Gasteiger partial charge on any atom is 0.341 e. The summed E-state index contributed by atoms with van der Waals surface area (Å²) in [5.41, 5.74) is 0.184. The minimum absolute atomic E-state index is 0.0450. The maximum absolute atomic E-state index is 12.0. The SMILES string of the molecule is CCCCc1nc(SC)c(C(C)(O)C(=O)O)n1Cc1ccc(-c2ccccc2S(N)(=O)=O)cc1. The standard InChI is InChI=1S/C24H29N3O5S2/c1-4-5-10-20-26-22(33-3)21(24(2,30)23(28)29)27(20)15-16-11-13-17(14-12-16)18-8-6-7-9-19(18)34(25,31)32/h6-9,11-14,30H,4-5,10,15H2,1-3H3,(H,28,29)(H2,25,31,32). The summed E-state index contributed by atoms with van der Waals surface area (Å²) in [6.45, 7) is 3.64. The predicted molar refractivity (Wildman–Crippen MR) is 132 cm³/mol. The van der Waals surface area contributed by atoms with Crippen LogP contribution in [-0.4, -0.2) is 40.4 Å². The Morgan fingerprint density at radius 1 is 1.18 bits per heavy atom. The van der Waals surface area contributed by atoms with Crippen molar-refractivity contribution in [3.05, 3.63) is 65.6 Å². The molecule has 0 saturated carbocycles. The minimum atomic E-state index is -3.88. The van der Waals surface area contributed by atoms with Gasteiger partial charge < -0.3 is 14.8 Å². The molecule has 4 N–H and O–H groups in total. The Bertz CT molecular complexity index is 1280. The summed E-state index contributed by atoms with van der Waals surface area (Å²) in [4.78, 5) is 16.6. The van der Waals surface area contributed by atoms with Crippen molar-refractivity contribution in [2.24, 2.45) is 5.14 Å². The Morgan fingerprint density at radius 2 is 1.82 bits per heavy atom. The van der Waals surface area contributed by atoms with Crippen molar-refractivity contribution >= 4 is 27.8 Å². The molecule has 0 saturated heterocycles. The number of aliphatic carboxylic acids is 1. The second-order valence-electron chi connectivity index (χ2n) is 8.19. The third-order valence-electron chi connectivity index (χ3n) is 5.64. The highest BCUT2D eigenvalue weighted by molar-refractivity contribution is 7.98. The number of nitrogens with two attached hydrogens (primary N) is 1. The maximum atomic E-state index is 12.0. The highest BCUT2D eigenvalue weighted by Crippen LogP contribution is 2.33. The molecule has 0 bridgehead atoms. The van der Waals surface area contributed by atoms with Gasteiger partial charge in [0.05, 0.1) is 10.6 Å². The number of imidazole rings is 1. The number of aromatic nitrogens is 2. The average molecular weight is 504 g/mol. The van der Waals surface area contributed by atoms with E-state index < -0.39 is 21.6 Å². The number of carbonyl (C=O) groups is 1. The molecule has 0 spiro atoms. The van der Waals surface area contributed by atoms with Crippen molar-refractivity contribution in [3.8, 4) is 11.1 Å². The quantitative estimate of drug-likeness (QED) is 0.360. The molecule has 10 heteroatoms. The van der Waals surface area contributed by atoms with E-state index in [9.17, 15) is 23.4 Å². The number of hydrogen-bond acceptors (Lipinski definition) is 6. The van der Waals surface area contributed by atoms with Gasteiger partial charge in [-0.3, -0.25) is 0 Å². The summed E-state index contributed by atoms with van der Waals surface area (Å²) in [5.74, 6) is -0.632. The third kappa shape index (κ3) is 5.35. The van der Waals surface area contributed by atoms with E-state index >= 15 is 0 Å². The van der Waals surface area contributed by atoms with Crippen LogP contribution in [0.4, 0.5) is 0 Å². The highest BCUT2D eigenvalue weighted by Gasteiger charge is 2.39. The van der Waals surface area contributed by atoms with Gasteiger partial charge in [-0.2, -0.15) is 0 Å². The Balaban J connectivity index is 2.05. The van der Waals surface area contributed by atoms with E-state index in [-0.39, 0.29) is 10.6 Å². The molecule has 0 aliphatic heterocycles. The van der Waals surface area contributed by atoms with E-state index in [1.54, 1.807) is 41.2 Å². The molecule has 3 rings (SSSR count). The zero-order chi connectivity index (χ0) is 25.1. The molecule has 0 aliphatic carbocycles. The Morgan fingerprint density at radius 3 is 2.38 bits per heavy atom. The smallest absolute Gasteiger partial charge is 0.341 e. The lowest BCUT2D eigenvalue weighted by Gasteiger charge is -2.22. The van der Waals surface area contributed by atoms with Gasteiger partial charge in [-0.05, 0) is 36.8 Å². The number of nitrogens with zero attached hydrogens (tertiary/aromatic N) is 2. The number of aliphatic hydroxyl groups is 1. The van der Waals surface area contributed by atoms with Crippen LogP contribution in [0.15, 0.2) is 58.5 Å². The molecule has 0 aliphatic rings. The second-order valence-corrected chi connectivity index (χ2v) is 10.5. The van der Waals surface area contributed by atoms with Crippen LogP contribution < -0.4 is 5.14 Å². The van der Waals surface area contributed by atoms with Gasteiger partial charge in [-0.15, -0.1) is 11.8 Å². The van der Waals surface area contributed by atoms with Crippen molar-refractivity contribution in [1.29, 1.82) is 0 Å². The van der Waals surface area contributed by atoms with Crippen LogP contribution >= 0.6 is 11.8 Å². The van der Waals surface area contributed by atoms with Crippen molar-refractivity contribution in [3.63, 3.8) is 0 Å². The number of sulfonamides is 1. The lowest BCUT2D eigenvalue weighted by atomic mass is 10.0. The summed E-state index contributed by atoms with van der Waals surface area (Å²) in [5, 5.41) is 26.4. The number of carboxylic acids is 1. The highest BCUT2D eigenvalue weighted by atomic mass is 32.2. The van der Waals surface area contributed by atoms with Gasteiger partial charge in [-0.25, -0.2) is 23.3 Å². The van der Waals surface area contributed by atoms with E-state index in [0.29, 0.717) is 34.9 Å². The van der Waals surface area contributed by atoms with Crippen molar-refractivity contribution in [2.75, 3.05) is 6.26 Å². The fourth-order valence-corrected chi connectivity index (χ4v) is 5.27. The summed E-state index contributed by atoms with van der Waals surface area (Å²) in [6, 6.07) is 13.8. The summed E-state index contributed by atoms with van der Waals surface area (Å²) < 4.78 is 25.7. The third-order valence-corrected chi connectivity index (χ3v) is 7.28. The molecule has 0 radical (unpaired) electrons. The van der Waals surface area contributed by atoms with Gasteiger partial charge in [0.1, 0.15) is 10.9 Å². The van der Waals surface area contributed by atoms with Crippen LogP contribution in [0.3, 0.4) is 0 Å². The number of aryl methyl sites for hydroxylation is 1. The van der Waals surface area contributed by atoms with Gasteiger partial charge in [0.15, 0.2) is 0 Å². The van der Waals surface area contributed by atoms with E-state index in [1.165, 1.54) is 24.8 Å². The fourth-order valence-electron chi connectivity index (χ4n) is 3.81. The van der Waals surface area contributed by atoms with Crippen LogP contribution in [0, 0.1) is 0 Å². The summed E-state index contributed by atoms with van der Waals surface area (Å²) >= 11 is 1.30. The molecule has 3 aromatic rings. The first-order chi connectivity index (χ1) is 16.0. The zero-order valence-corrected chi connectivity index (χ0v) is 21.0. The zero-order valence-electron chi connectivity index (χ0n) is 19.4. The Labute approximate surface area is 203 Å². The van der Waals surface area contributed by atoms with Crippen LogP contribution in [0.2, 0.25) is 0 Å².